The van der Waals surface area contributed by atoms with E-state index in [1.807, 2.05) is 6.92 Å². The molecule has 1 heterocycles. The van der Waals surface area contributed by atoms with E-state index in [1.54, 1.807) is 4.90 Å². The molecule has 0 aromatic heterocycles. The van der Waals surface area contributed by atoms with Gasteiger partial charge in [0.2, 0.25) is 11.8 Å². The first-order valence-corrected chi connectivity index (χ1v) is 6.21. The summed E-state index contributed by atoms with van der Waals surface area (Å²) in [6.07, 6.45) is 2.58. The standard InChI is InChI=1S/C12H22N2O3/c1-3-12(17)6-4-8-14(9-12)11(16)5-7-13-10(2)15/h17H,3-9H2,1-2H3,(H,13,15). The third-order valence-electron chi connectivity index (χ3n) is 3.28. The fraction of sp³-hybridized carbons (Fsp3) is 0.833. The number of nitrogens with zero attached hydrogens (tertiary/aromatic N) is 1. The van der Waals surface area contributed by atoms with E-state index in [0.29, 0.717) is 32.5 Å². The van der Waals surface area contributed by atoms with Crippen molar-refractivity contribution in [3.8, 4) is 0 Å². The molecule has 98 valence electrons. The predicted octanol–water partition coefficient (Wildman–Crippen LogP) is 0.276. The number of likely N-dealkylation sites (tertiary alicyclic amines) is 1. The molecule has 1 unspecified atom stereocenters. The van der Waals surface area contributed by atoms with Gasteiger partial charge in [-0.1, -0.05) is 6.92 Å². The van der Waals surface area contributed by atoms with Gasteiger partial charge in [-0.05, 0) is 19.3 Å². The van der Waals surface area contributed by atoms with Crippen LogP contribution in [0.3, 0.4) is 0 Å². The highest BCUT2D eigenvalue weighted by Crippen LogP contribution is 2.24. The summed E-state index contributed by atoms with van der Waals surface area (Å²) in [5.41, 5.74) is -0.720. The fourth-order valence-electron chi connectivity index (χ4n) is 2.12. The monoisotopic (exact) mass is 242 g/mol. The molecule has 2 amide bonds. The summed E-state index contributed by atoms with van der Waals surface area (Å²) in [5, 5.41) is 12.8. The minimum Gasteiger partial charge on any atom is -0.388 e. The molecule has 1 rings (SSSR count). The summed E-state index contributed by atoms with van der Waals surface area (Å²) >= 11 is 0. The number of β-amino-alcohol motifs (C(OH)–C–C–N with tert-alkyl or cyclic N) is 1. The molecule has 1 aliphatic heterocycles. The number of aliphatic hydroxyl groups is 1. The normalized spacial score (nSPS) is 24.5. The quantitative estimate of drug-likeness (QED) is 0.743. The molecule has 2 N–H and O–H groups in total. The summed E-state index contributed by atoms with van der Waals surface area (Å²) in [6, 6.07) is 0. The Bertz CT molecular complexity index is 293. The molecule has 5 heteroatoms. The number of hydrogen-bond acceptors (Lipinski definition) is 3. The van der Waals surface area contributed by atoms with Gasteiger partial charge in [0.25, 0.3) is 0 Å². The number of hydrogen-bond donors (Lipinski definition) is 2. The van der Waals surface area contributed by atoms with Crippen LogP contribution >= 0.6 is 0 Å². The molecule has 1 aliphatic rings. The first-order chi connectivity index (χ1) is 7.97. The first kappa shape index (κ1) is 14.0. The predicted molar refractivity (Wildman–Crippen MR) is 64.4 cm³/mol. The van der Waals surface area contributed by atoms with Gasteiger partial charge in [0.05, 0.1) is 5.60 Å². The lowest BCUT2D eigenvalue weighted by atomic mass is 9.90. The highest BCUT2D eigenvalue weighted by atomic mass is 16.3. The van der Waals surface area contributed by atoms with Gasteiger partial charge in [0.1, 0.15) is 0 Å². The lowest BCUT2D eigenvalue weighted by Crippen LogP contribution is -2.50. The molecule has 17 heavy (non-hydrogen) atoms. The van der Waals surface area contributed by atoms with E-state index in [0.717, 1.165) is 12.8 Å². The minimum absolute atomic E-state index is 0.00493. The third-order valence-corrected chi connectivity index (χ3v) is 3.28. The van der Waals surface area contributed by atoms with Crippen molar-refractivity contribution < 1.29 is 14.7 Å². The maximum Gasteiger partial charge on any atom is 0.224 e. The molecule has 0 aromatic carbocycles. The number of carbonyl (C=O) groups excluding carboxylic acids is 2. The van der Waals surface area contributed by atoms with Gasteiger partial charge >= 0.3 is 0 Å². The van der Waals surface area contributed by atoms with E-state index in [9.17, 15) is 14.7 Å². The molecule has 0 spiro atoms. The molecule has 1 fully saturated rings. The average Bonchev–Trinajstić information content (AvgIpc) is 2.28. The van der Waals surface area contributed by atoms with Gasteiger partial charge in [-0.3, -0.25) is 9.59 Å². The Morgan fingerprint density at radius 3 is 2.76 bits per heavy atom. The van der Waals surface area contributed by atoms with Crippen molar-refractivity contribution in [2.75, 3.05) is 19.6 Å². The zero-order valence-corrected chi connectivity index (χ0v) is 10.7. The molecule has 0 saturated carbocycles. The van der Waals surface area contributed by atoms with Crippen LogP contribution in [0.5, 0.6) is 0 Å². The number of piperidine rings is 1. The third kappa shape index (κ3) is 4.34. The molecule has 0 aliphatic carbocycles. The SMILES string of the molecule is CCC1(O)CCCN(C(=O)CCNC(C)=O)C1. The second-order valence-corrected chi connectivity index (χ2v) is 4.73. The van der Waals surface area contributed by atoms with Crippen LogP contribution in [-0.4, -0.2) is 47.1 Å². The van der Waals surface area contributed by atoms with E-state index in [2.05, 4.69) is 5.32 Å². The van der Waals surface area contributed by atoms with E-state index in [1.165, 1.54) is 6.92 Å². The number of rotatable bonds is 4. The Labute approximate surface area is 102 Å². The molecule has 1 atom stereocenters. The lowest BCUT2D eigenvalue weighted by molar-refractivity contribution is -0.138. The highest BCUT2D eigenvalue weighted by Gasteiger charge is 2.33. The summed E-state index contributed by atoms with van der Waals surface area (Å²) in [6.45, 7) is 4.87. The van der Waals surface area contributed by atoms with Gasteiger partial charge in [-0.25, -0.2) is 0 Å². The molecule has 0 bridgehead atoms. The molecular weight excluding hydrogens is 220 g/mol. The smallest absolute Gasteiger partial charge is 0.224 e. The van der Waals surface area contributed by atoms with Gasteiger partial charge in [0, 0.05) is 33.0 Å². The average molecular weight is 242 g/mol. The van der Waals surface area contributed by atoms with Crippen LogP contribution in [-0.2, 0) is 9.59 Å². The van der Waals surface area contributed by atoms with Crippen LogP contribution in [0, 0.1) is 0 Å². The van der Waals surface area contributed by atoms with Crippen LogP contribution < -0.4 is 5.32 Å². The molecular formula is C12H22N2O3. The van der Waals surface area contributed by atoms with Crippen LogP contribution in [0.4, 0.5) is 0 Å². The van der Waals surface area contributed by atoms with E-state index in [-0.39, 0.29) is 11.8 Å². The summed E-state index contributed by atoms with van der Waals surface area (Å²) in [7, 11) is 0. The van der Waals surface area contributed by atoms with Crippen molar-refractivity contribution in [2.24, 2.45) is 0 Å². The van der Waals surface area contributed by atoms with Crippen LogP contribution in [0.1, 0.15) is 39.5 Å². The van der Waals surface area contributed by atoms with Crippen LogP contribution in [0.15, 0.2) is 0 Å². The van der Waals surface area contributed by atoms with Crippen LogP contribution in [0.2, 0.25) is 0 Å². The molecule has 1 saturated heterocycles. The van der Waals surface area contributed by atoms with E-state index < -0.39 is 5.60 Å². The van der Waals surface area contributed by atoms with Gasteiger partial charge in [0.15, 0.2) is 0 Å². The van der Waals surface area contributed by atoms with Crippen LogP contribution in [0.25, 0.3) is 0 Å². The molecule has 0 radical (unpaired) electrons. The van der Waals surface area contributed by atoms with Gasteiger partial charge < -0.3 is 15.3 Å². The zero-order chi connectivity index (χ0) is 12.9. The zero-order valence-electron chi connectivity index (χ0n) is 10.7. The minimum atomic E-state index is -0.720. The van der Waals surface area contributed by atoms with Gasteiger partial charge in [-0.15, -0.1) is 0 Å². The Kier molecular flexibility index (Phi) is 4.93. The Balaban J connectivity index is 2.38. The van der Waals surface area contributed by atoms with Crippen molar-refractivity contribution in [3.05, 3.63) is 0 Å². The van der Waals surface area contributed by atoms with Crippen molar-refractivity contribution in [2.45, 2.75) is 45.1 Å². The topological polar surface area (TPSA) is 69.6 Å². The van der Waals surface area contributed by atoms with Crippen molar-refractivity contribution in [1.29, 1.82) is 0 Å². The van der Waals surface area contributed by atoms with Crippen molar-refractivity contribution in [1.82, 2.24) is 10.2 Å². The van der Waals surface area contributed by atoms with Gasteiger partial charge in [-0.2, -0.15) is 0 Å². The summed E-state index contributed by atoms with van der Waals surface area (Å²) in [5.74, 6) is -0.119. The lowest BCUT2D eigenvalue weighted by Gasteiger charge is -2.38. The molecule has 5 nitrogen and oxygen atoms in total. The number of nitrogens with one attached hydrogen (secondary N) is 1. The van der Waals surface area contributed by atoms with Crippen molar-refractivity contribution in [3.63, 3.8) is 0 Å². The Morgan fingerprint density at radius 2 is 2.18 bits per heavy atom. The van der Waals surface area contributed by atoms with Crippen molar-refractivity contribution >= 4 is 11.8 Å². The summed E-state index contributed by atoms with van der Waals surface area (Å²) < 4.78 is 0. The van der Waals surface area contributed by atoms with E-state index in [4.69, 9.17) is 0 Å². The number of carbonyl (C=O) groups is 2. The number of amides is 2. The Morgan fingerprint density at radius 1 is 1.47 bits per heavy atom. The second-order valence-electron chi connectivity index (χ2n) is 4.73. The molecule has 0 aromatic rings. The fourth-order valence-corrected chi connectivity index (χ4v) is 2.12. The maximum absolute atomic E-state index is 11.8. The highest BCUT2D eigenvalue weighted by molar-refractivity contribution is 5.78. The first-order valence-electron chi connectivity index (χ1n) is 6.21. The second kappa shape index (κ2) is 6.00. The maximum atomic E-state index is 11.8. The van der Waals surface area contributed by atoms with E-state index >= 15 is 0 Å². The largest absolute Gasteiger partial charge is 0.388 e. The Hall–Kier alpha value is -1.10. The summed E-state index contributed by atoms with van der Waals surface area (Å²) in [4.78, 5) is 24.2.